The molecular formula is C20H13F3N4O2S. The molecule has 4 aromatic rings. The Kier molecular flexibility index (Phi) is 4.86. The quantitative estimate of drug-likeness (QED) is 0.299. The zero-order valence-corrected chi connectivity index (χ0v) is 16.2. The van der Waals surface area contributed by atoms with E-state index in [1.165, 1.54) is 18.2 Å². The van der Waals surface area contributed by atoms with E-state index in [-0.39, 0.29) is 16.5 Å². The number of aromatic nitrogens is 3. The van der Waals surface area contributed by atoms with Gasteiger partial charge in [0, 0.05) is 28.6 Å². The fourth-order valence-corrected chi connectivity index (χ4v) is 3.66. The summed E-state index contributed by atoms with van der Waals surface area (Å²) in [6, 6.07) is 13.8. The Morgan fingerprint density at radius 1 is 1.03 bits per heavy atom. The van der Waals surface area contributed by atoms with E-state index in [1.54, 1.807) is 35.7 Å². The van der Waals surface area contributed by atoms with Crippen molar-refractivity contribution < 1.29 is 18.1 Å². The van der Waals surface area contributed by atoms with Gasteiger partial charge in [-0.05, 0) is 13.0 Å². The second-order valence-electron chi connectivity index (χ2n) is 6.51. The summed E-state index contributed by atoms with van der Waals surface area (Å²) < 4.78 is 41.7. The molecule has 0 unspecified atom stereocenters. The molecule has 0 saturated carbocycles. The molecule has 30 heavy (non-hydrogen) atoms. The summed E-state index contributed by atoms with van der Waals surface area (Å²) in [5.41, 5.74) is 1.41. The molecule has 0 atom stereocenters. The van der Waals surface area contributed by atoms with Crippen LogP contribution in [0.1, 0.15) is 11.3 Å². The molecule has 0 aliphatic carbocycles. The van der Waals surface area contributed by atoms with E-state index in [0.717, 1.165) is 27.6 Å². The summed E-state index contributed by atoms with van der Waals surface area (Å²) in [7, 11) is 0. The van der Waals surface area contributed by atoms with Gasteiger partial charge in [-0.1, -0.05) is 42.0 Å². The summed E-state index contributed by atoms with van der Waals surface area (Å²) in [5.74, 6) is 0. The molecule has 2 heterocycles. The number of nitrogens with zero attached hydrogens (tertiary/aromatic N) is 4. The van der Waals surface area contributed by atoms with Crippen molar-refractivity contribution in [1.82, 2.24) is 14.8 Å². The van der Waals surface area contributed by atoms with Gasteiger partial charge in [0.25, 0.3) is 5.69 Å². The summed E-state index contributed by atoms with van der Waals surface area (Å²) in [6.07, 6.45) is -4.63. The average Bonchev–Trinajstić information content (AvgIpc) is 3.36. The van der Waals surface area contributed by atoms with Crippen molar-refractivity contribution in [3.63, 3.8) is 0 Å². The van der Waals surface area contributed by atoms with Crippen LogP contribution in [0, 0.1) is 17.0 Å². The van der Waals surface area contributed by atoms with Crippen molar-refractivity contribution in [2.75, 3.05) is 0 Å². The summed E-state index contributed by atoms with van der Waals surface area (Å²) in [6.45, 7) is 1.88. The lowest BCUT2D eigenvalue weighted by Crippen LogP contribution is -2.13. The predicted molar refractivity (Wildman–Crippen MR) is 107 cm³/mol. The van der Waals surface area contributed by atoms with Gasteiger partial charge >= 0.3 is 6.18 Å². The second kappa shape index (κ2) is 7.38. The second-order valence-corrected chi connectivity index (χ2v) is 7.35. The third-order valence-electron chi connectivity index (χ3n) is 4.37. The van der Waals surface area contributed by atoms with Gasteiger partial charge in [0.2, 0.25) is 5.13 Å². The fraction of sp³-hybridized carbons (Fsp3) is 0.100. The standard InChI is InChI=1S/C20H13F3N4O2S/c1-12-5-7-13(8-6-12)16-10-18(20(21,22)23)26(25-16)19-24-17(11-30-19)14-3-2-4-15(9-14)27(28)29/h2-11H,1H3. The minimum absolute atomic E-state index is 0.0159. The third-order valence-corrected chi connectivity index (χ3v) is 5.19. The number of rotatable bonds is 4. The van der Waals surface area contributed by atoms with Crippen LogP contribution in [0.5, 0.6) is 0 Å². The number of thiazole rings is 1. The van der Waals surface area contributed by atoms with Crippen molar-refractivity contribution in [2.45, 2.75) is 13.1 Å². The zero-order valence-electron chi connectivity index (χ0n) is 15.4. The van der Waals surface area contributed by atoms with Crippen molar-refractivity contribution in [3.05, 3.63) is 81.3 Å². The molecule has 10 heteroatoms. The highest BCUT2D eigenvalue weighted by atomic mass is 32.1. The number of benzene rings is 2. The molecule has 0 saturated heterocycles. The number of nitro groups is 1. The molecule has 152 valence electrons. The van der Waals surface area contributed by atoms with Crippen LogP contribution in [0.25, 0.3) is 27.6 Å². The molecule has 0 bridgehead atoms. The van der Waals surface area contributed by atoms with Gasteiger partial charge in [-0.25, -0.2) is 9.67 Å². The first-order chi connectivity index (χ1) is 14.2. The largest absolute Gasteiger partial charge is 0.433 e. The number of non-ortho nitro benzene ring substituents is 1. The summed E-state index contributed by atoms with van der Waals surface area (Å²) >= 11 is 0.972. The van der Waals surface area contributed by atoms with Gasteiger partial charge in [-0.3, -0.25) is 10.1 Å². The number of alkyl halides is 3. The molecule has 2 aromatic heterocycles. The van der Waals surface area contributed by atoms with Crippen LogP contribution >= 0.6 is 11.3 Å². The number of hydrogen-bond acceptors (Lipinski definition) is 5. The molecule has 2 aromatic carbocycles. The monoisotopic (exact) mass is 430 g/mol. The zero-order chi connectivity index (χ0) is 21.5. The van der Waals surface area contributed by atoms with E-state index in [1.807, 2.05) is 6.92 Å². The number of aryl methyl sites for hydroxylation is 1. The van der Waals surface area contributed by atoms with Gasteiger partial charge in [0.1, 0.15) is 0 Å². The first-order valence-electron chi connectivity index (χ1n) is 8.67. The molecule has 0 spiro atoms. The van der Waals surface area contributed by atoms with Crippen molar-refractivity contribution >= 4 is 17.0 Å². The molecule has 4 rings (SSSR count). The van der Waals surface area contributed by atoms with Crippen LogP contribution in [-0.4, -0.2) is 19.7 Å². The van der Waals surface area contributed by atoms with Gasteiger partial charge in [-0.15, -0.1) is 11.3 Å². The minimum atomic E-state index is -4.63. The van der Waals surface area contributed by atoms with Gasteiger partial charge < -0.3 is 0 Å². The highest BCUT2D eigenvalue weighted by Crippen LogP contribution is 2.35. The lowest BCUT2D eigenvalue weighted by atomic mass is 10.1. The average molecular weight is 430 g/mol. The number of nitro benzene ring substituents is 1. The minimum Gasteiger partial charge on any atom is -0.258 e. The SMILES string of the molecule is Cc1ccc(-c2cc(C(F)(F)F)n(-c3nc(-c4cccc([N+](=O)[O-])c4)cs3)n2)cc1. The van der Waals surface area contributed by atoms with E-state index in [0.29, 0.717) is 16.8 Å². The third kappa shape index (κ3) is 3.81. The highest BCUT2D eigenvalue weighted by Gasteiger charge is 2.37. The number of halogens is 3. The Balaban J connectivity index is 1.78. The first kappa shape index (κ1) is 19.8. The summed E-state index contributed by atoms with van der Waals surface area (Å²) in [5, 5.41) is 16.7. The maximum absolute atomic E-state index is 13.6. The van der Waals surface area contributed by atoms with E-state index in [9.17, 15) is 23.3 Å². The fourth-order valence-electron chi connectivity index (χ4n) is 2.87. The smallest absolute Gasteiger partial charge is 0.258 e. The van der Waals surface area contributed by atoms with Gasteiger partial charge in [0.05, 0.1) is 16.3 Å². The maximum Gasteiger partial charge on any atom is 0.433 e. The maximum atomic E-state index is 13.6. The molecule has 0 N–H and O–H groups in total. The predicted octanol–water partition coefficient (Wildman–Crippen LogP) is 5.90. The van der Waals surface area contributed by atoms with Crippen LogP contribution in [0.2, 0.25) is 0 Å². The van der Waals surface area contributed by atoms with Crippen LogP contribution in [0.3, 0.4) is 0 Å². The molecule has 0 amide bonds. The Bertz CT molecular complexity index is 1230. The van der Waals surface area contributed by atoms with Crippen molar-refractivity contribution in [1.29, 1.82) is 0 Å². The first-order valence-corrected chi connectivity index (χ1v) is 9.55. The van der Waals surface area contributed by atoms with E-state index in [2.05, 4.69) is 10.1 Å². The lowest BCUT2D eigenvalue weighted by Gasteiger charge is -2.07. The number of hydrogen-bond donors (Lipinski definition) is 0. The molecular weight excluding hydrogens is 417 g/mol. The summed E-state index contributed by atoms with van der Waals surface area (Å²) in [4.78, 5) is 14.7. The van der Waals surface area contributed by atoms with Crippen molar-refractivity contribution in [3.8, 4) is 27.6 Å². The normalized spacial score (nSPS) is 11.6. The van der Waals surface area contributed by atoms with E-state index >= 15 is 0 Å². The molecule has 6 nitrogen and oxygen atoms in total. The van der Waals surface area contributed by atoms with E-state index < -0.39 is 16.8 Å². The van der Waals surface area contributed by atoms with Crippen LogP contribution < -0.4 is 0 Å². The Morgan fingerprint density at radius 3 is 2.43 bits per heavy atom. The van der Waals surface area contributed by atoms with Crippen LogP contribution in [0.15, 0.2) is 60.0 Å². The molecule has 0 aliphatic rings. The molecule has 0 aliphatic heterocycles. The Morgan fingerprint density at radius 2 is 1.77 bits per heavy atom. The molecule has 0 radical (unpaired) electrons. The van der Waals surface area contributed by atoms with Gasteiger partial charge in [-0.2, -0.15) is 18.3 Å². The van der Waals surface area contributed by atoms with E-state index in [4.69, 9.17) is 0 Å². The Hall–Kier alpha value is -3.53. The molecule has 0 fully saturated rings. The van der Waals surface area contributed by atoms with Gasteiger partial charge in [0.15, 0.2) is 5.69 Å². The van der Waals surface area contributed by atoms with Crippen LogP contribution in [0.4, 0.5) is 18.9 Å². The Labute approximate surface area is 172 Å². The highest BCUT2D eigenvalue weighted by molar-refractivity contribution is 7.12. The van der Waals surface area contributed by atoms with Crippen molar-refractivity contribution in [2.24, 2.45) is 0 Å². The van der Waals surface area contributed by atoms with Crippen LogP contribution in [-0.2, 0) is 6.18 Å². The topological polar surface area (TPSA) is 73.8 Å². The lowest BCUT2D eigenvalue weighted by molar-refractivity contribution is -0.384.